The summed E-state index contributed by atoms with van der Waals surface area (Å²) in [5, 5.41) is 10.2. The zero-order valence-corrected chi connectivity index (χ0v) is 15.7. The van der Waals surface area contributed by atoms with E-state index in [9.17, 15) is 5.11 Å². The molecule has 0 aliphatic carbocycles. The third-order valence-electron chi connectivity index (χ3n) is 4.81. The van der Waals surface area contributed by atoms with E-state index >= 15 is 0 Å². The molecule has 133 valence electrons. The normalized spacial score (nSPS) is 12.2. The second kappa shape index (κ2) is 7.10. The molecule has 2 aromatic carbocycles. The summed E-state index contributed by atoms with van der Waals surface area (Å²) in [6.07, 6.45) is 3.76. The van der Waals surface area contributed by atoms with Crippen LogP contribution in [0.2, 0.25) is 0 Å². The van der Waals surface area contributed by atoms with E-state index in [0.717, 1.165) is 22.5 Å². The molecule has 3 rings (SSSR count). The van der Waals surface area contributed by atoms with Crippen LogP contribution in [0.5, 0.6) is 0 Å². The van der Waals surface area contributed by atoms with Crippen LogP contribution in [0.4, 0.5) is 0 Å². The predicted octanol–water partition coefficient (Wildman–Crippen LogP) is 3.35. The fourth-order valence-electron chi connectivity index (χ4n) is 2.38. The molecule has 1 N–H and O–H groups in total. The minimum Gasteiger partial charge on any atom is -0.427 e. The molecule has 0 bridgehead atoms. The summed E-state index contributed by atoms with van der Waals surface area (Å²) in [6, 6.07) is 18.2. The first kappa shape index (κ1) is 18.4. The number of aliphatic hydroxyl groups is 1. The molecular weight excluding hydrogens is 323 g/mol. The summed E-state index contributed by atoms with van der Waals surface area (Å²) in [6.45, 7) is 7.23. The highest BCUT2D eigenvalue weighted by Crippen LogP contribution is 2.24. The van der Waals surface area contributed by atoms with Gasteiger partial charge in [-0.3, -0.25) is 4.57 Å². The number of aromatic nitrogens is 2. The van der Waals surface area contributed by atoms with Gasteiger partial charge in [0.1, 0.15) is 5.82 Å². The largest absolute Gasteiger partial charge is 0.427 e. The van der Waals surface area contributed by atoms with E-state index in [1.54, 1.807) is 27.5 Å². The van der Waals surface area contributed by atoms with Crippen LogP contribution >= 0.6 is 0 Å². The highest BCUT2D eigenvalue weighted by atomic mass is 16.5. The van der Waals surface area contributed by atoms with Crippen LogP contribution in [0.1, 0.15) is 27.7 Å². The fourth-order valence-corrected chi connectivity index (χ4v) is 2.38. The minimum atomic E-state index is -0.941. The number of rotatable bonds is 6. The monoisotopic (exact) mass is 347 g/mol. The maximum absolute atomic E-state index is 10.2. The van der Waals surface area contributed by atoms with Crippen molar-refractivity contribution >= 4 is 12.9 Å². The molecule has 0 aliphatic heterocycles. The van der Waals surface area contributed by atoms with Gasteiger partial charge in [0.25, 0.3) is 0 Å². The molecule has 1 radical (unpaired) electrons. The number of hydrogen-bond acceptors (Lipinski definition) is 3. The predicted molar refractivity (Wildman–Crippen MR) is 106 cm³/mol. The fraction of sp³-hybridized carbons (Fsp3) is 0.286. The van der Waals surface area contributed by atoms with Crippen LogP contribution < -0.4 is 5.46 Å². The van der Waals surface area contributed by atoms with Gasteiger partial charge in [-0.05, 0) is 39.8 Å². The first-order valence-electron chi connectivity index (χ1n) is 8.70. The van der Waals surface area contributed by atoms with Crippen LogP contribution in [-0.4, -0.2) is 33.3 Å². The van der Waals surface area contributed by atoms with Gasteiger partial charge < -0.3 is 9.76 Å². The summed E-state index contributed by atoms with van der Waals surface area (Å²) in [4.78, 5) is 4.50. The van der Waals surface area contributed by atoms with Crippen LogP contribution in [0, 0.1) is 0 Å². The topological polar surface area (TPSA) is 47.3 Å². The van der Waals surface area contributed by atoms with Gasteiger partial charge in [0.05, 0.1) is 11.2 Å². The van der Waals surface area contributed by atoms with Crippen molar-refractivity contribution in [1.29, 1.82) is 0 Å². The van der Waals surface area contributed by atoms with Gasteiger partial charge in [-0.1, -0.05) is 47.9 Å². The third kappa shape index (κ3) is 3.89. The Labute approximate surface area is 155 Å². The van der Waals surface area contributed by atoms with Crippen molar-refractivity contribution in [2.24, 2.45) is 0 Å². The first-order valence-corrected chi connectivity index (χ1v) is 8.70. The molecule has 0 saturated heterocycles. The third-order valence-corrected chi connectivity index (χ3v) is 4.81. The lowest BCUT2D eigenvalue weighted by molar-refractivity contribution is -0.0893. The summed E-state index contributed by atoms with van der Waals surface area (Å²) < 4.78 is 7.87. The van der Waals surface area contributed by atoms with E-state index in [2.05, 4.69) is 21.7 Å². The molecule has 0 fully saturated rings. The zero-order valence-electron chi connectivity index (χ0n) is 15.7. The quantitative estimate of drug-likeness (QED) is 0.696. The molecule has 0 amide bonds. The summed E-state index contributed by atoms with van der Waals surface area (Å²) in [5.74, 6) is 0.889. The Morgan fingerprint density at radius 3 is 2.23 bits per heavy atom. The number of nitrogens with zero attached hydrogens (tertiary/aromatic N) is 2. The number of hydrogen-bond donors (Lipinski definition) is 1. The average Bonchev–Trinajstić information content (AvgIpc) is 3.10. The molecular formula is C21H24BN2O2. The van der Waals surface area contributed by atoms with Gasteiger partial charge in [-0.15, -0.1) is 0 Å². The lowest BCUT2D eigenvalue weighted by atomic mass is 9.82. The Hall–Kier alpha value is -2.37. The van der Waals surface area contributed by atoms with E-state index in [-0.39, 0.29) is 0 Å². The molecule has 1 aromatic heterocycles. The number of para-hydroxylation sites is 1. The zero-order chi connectivity index (χ0) is 18.8. The number of imidazole rings is 1. The lowest BCUT2D eigenvalue weighted by Gasteiger charge is -2.37. The molecule has 1 heterocycles. The SMILES string of the molecule is CC(C)(O)C(C)(C)O[B]c1ccc(-c2nccn2-c2ccccc2)cc1. The van der Waals surface area contributed by atoms with Crippen molar-refractivity contribution in [3.63, 3.8) is 0 Å². The lowest BCUT2D eigenvalue weighted by Crippen LogP contribution is -2.49. The molecule has 0 unspecified atom stereocenters. The molecule has 4 nitrogen and oxygen atoms in total. The van der Waals surface area contributed by atoms with Crippen LogP contribution in [0.25, 0.3) is 17.1 Å². The van der Waals surface area contributed by atoms with E-state index in [0.29, 0.717) is 0 Å². The highest BCUT2D eigenvalue weighted by molar-refractivity contribution is 6.47. The molecule has 5 heteroatoms. The molecule has 0 aliphatic rings. The summed E-state index contributed by atoms with van der Waals surface area (Å²) in [7, 11) is 1.69. The molecule has 0 spiro atoms. The van der Waals surface area contributed by atoms with E-state index in [1.807, 2.05) is 62.5 Å². The van der Waals surface area contributed by atoms with Crippen LogP contribution in [0.15, 0.2) is 67.0 Å². The maximum atomic E-state index is 10.2. The average molecular weight is 347 g/mol. The summed E-state index contributed by atoms with van der Waals surface area (Å²) in [5.41, 5.74) is 1.41. The molecule has 0 atom stereocenters. The van der Waals surface area contributed by atoms with E-state index < -0.39 is 11.2 Å². The van der Waals surface area contributed by atoms with Crippen LogP contribution in [-0.2, 0) is 4.65 Å². The van der Waals surface area contributed by atoms with Gasteiger partial charge in [0.2, 0.25) is 0 Å². The van der Waals surface area contributed by atoms with Gasteiger partial charge in [-0.2, -0.15) is 0 Å². The molecule has 0 saturated carbocycles. The van der Waals surface area contributed by atoms with Gasteiger partial charge in [0, 0.05) is 23.6 Å². The Kier molecular flexibility index (Phi) is 5.03. The molecule has 3 aromatic rings. The van der Waals surface area contributed by atoms with Crippen molar-refractivity contribution in [1.82, 2.24) is 9.55 Å². The Morgan fingerprint density at radius 2 is 1.62 bits per heavy atom. The van der Waals surface area contributed by atoms with Gasteiger partial charge >= 0.3 is 7.48 Å². The van der Waals surface area contributed by atoms with Gasteiger partial charge in [-0.25, -0.2) is 4.98 Å². The van der Waals surface area contributed by atoms with Crippen molar-refractivity contribution in [3.05, 3.63) is 67.0 Å². The van der Waals surface area contributed by atoms with Crippen molar-refractivity contribution in [2.75, 3.05) is 0 Å². The van der Waals surface area contributed by atoms with E-state index in [1.165, 1.54) is 0 Å². The van der Waals surface area contributed by atoms with Gasteiger partial charge in [0.15, 0.2) is 0 Å². The minimum absolute atomic E-state index is 0.685. The van der Waals surface area contributed by atoms with Crippen molar-refractivity contribution < 1.29 is 9.76 Å². The van der Waals surface area contributed by atoms with E-state index in [4.69, 9.17) is 4.65 Å². The second-order valence-electron chi connectivity index (χ2n) is 7.38. The van der Waals surface area contributed by atoms with Crippen molar-refractivity contribution in [2.45, 2.75) is 38.9 Å². The Bertz CT molecular complexity index is 850. The highest BCUT2D eigenvalue weighted by Gasteiger charge is 2.35. The van der Waals surface area contributed by atoms with Crippen molar-refractivity contribution in [3.8, 4) is 17.1 Å². The number of benzene rings is 2. The Balaban J connectivity index is 1.77. The maximum Gasteiger partial charge on any atom is 0.330 e. The standard InChI is InChI=1S/C21H24BN2O2/c1-20(2,25)21(3,4)26-22-17-12-10-16(11-13-17)19-23-14-15-24(19)18-8-6-5-7-9-18/h5-15,25H,1-4H3. The second-order valence-corrected chi connectivity index (χ2v) is 7.38. The molecule has 26 heavy (non-hydrogen) atoms. The smallest absolute Gasteiger partial charge is 0.330 e. The summed E-state index contributed by atoms with van der Waals surface area (Å²) >= 11 is 0. The first-order chi connectivity index (χ1) is 12.3. The van der Waals surface area contributed by atoms with Crippen LogP contribution in [0.3, 0.4) is 0 Å². The Morgan fingerprint density at radius 1 is 0.962 bits per heavy atom.